The van der Waals surface area contributed by atoms with Gasteiger partial charge in [-0.3, -0.25) is 9.59 Å². The highest BCUT2D eigenvalue weighted by Gasteiger charge is 2.41. The quantitative estimate of drug-likeness (QED) is 0.534. The third-order valence-electron chi connectivity index (χ3n) is 5.47. The Hall–Kier alpha value is -3.28. The Morgan fingerprint density at radius 1 is 1.22 bits per heavy atom. The maximum atomic E-state index is 13.0. The second kappa shape index (κ2) is 5.61. The monoisotopic (exact) mass is 361 g/mol. The summed E-state index contributed by atoms with van der Waals surface area (Å²) in [4.78, 5) is 31.9. The number of ether oxygens (including phenoxy) is 1. The first-order valence-corrected chi connectivity index (χ1v) is 9.00. The number of aromatic amines is 1. The Morgan fingerprint density at radius 3 is 2.85 bits per heavy atom. The van der Waals surface area contributed by atoms with Crippen molar-refractivity contribution in [1.82, 2.24) is 9.88 Å². The van der Waals surface area contributed by atoms with E-state index >= 15 is 0 Å². The number of hydrogen-bond acceptors (Lipinski definition) is 4. The van der Waals surface area contributed by atoms with Crippen LogP contribution in [0.5, 0.6) is 5.75 Å². The van der Waals surface area contributed by atoms with Gasteiger partial charge in [0, 0.05) is 31.4 Å². The van der Waals surface area contributed by atoms with E-state index in [-0.39, 0.29) is 18.0 Å². The zero-order valence-electron chi connectivity index (χ0n) is 15.2. The Bertz CT molecular complexity index is 1100. The van der Waals surface area contributed by atoms with Crippen molar-refractivity contribution in [3.63, 3.8) is 0 Å². The van der Waals surface area contributed by atoms with Gasteiger partial charge in [-0.15, -0.1) is 0 Å². The van der Waals surface area contributed by atoms with Gasteiger partial charge in [-0.1, -0.05) is 12.1 Å². The van der Waals surface area contributed by atoms with E-state index < -0.39 is 0 Å². The summed E-state index contributed by atoms with van der Waals surface area (Å²) in [6.07, 6.45) is 0.595. The lowest BCUT2D eigenvalue weighted by molar-refractivity contribution is -0.131. The summed E-state index contributed by atoms with van der Waals surface area (Å²) in [7, 11) is 2.02. The van der Waals surface area contributed by atoms with Crippen molar-refractivity contribution < 1.29 is 14.3 Å². The zero-order chi connectivity index (χ0) is 18.7. The Balaban J connectivity index is 1.66. The summed E-state index contributed by atoms with van der Waals surface area (Å²) < 4.78 is 5.25. The van der Waals surface area contributed by atoms with Gasteiger partial charge in [0.1, 0.15) is 11.9 Å². The highest BCUT2D eigenvalue weighted by molar-refractivity contribution is 6.02. The first kappa shape index (κ1) is 15.9. The number of amides is 1. The van der Waals surface area contributed by atoms with E-state index in [9.17, 15) is 9.59 Å². The topological polar surface area (TPSA) is 65.6 Å². The normalized spacial score (nSPS) is 18.1. The van der Waals surface area contributed by atoms with Gasteiger partial charge >= 0.3 is 5.97 Å². The van der Waals surface area contributed by atoms with Crippen LogP contribution >= 0.6 is 0 Å². The van der Waals surface area contributed by atoms with Gasteiger partial charge in [-0.05, 0) is 42.3 Å². The Labute approximate surface area is 156 Å². The number of benzene rings is 2. The molecule has 1 atom stereocenters. The lowest BCUT2D eigenvalue weighted by Gasteiger charge is -2.46. The molecule has 2 aliphatic rings. The van der Waals surface area contributed by atoms with Crippen LogP contribution in [0.4, 0.5) is 5.69 Å². The van der Waals surface area contributed by atoms with Crippen LogP contribution in [0.3, 0.4) is 0 Å². The number of H-pyrrole nitrogens is 1. The van der Waals surface area contributed by atoms with Crippen molar-refractivity contribution in [3.05, 3.63) is 59.3 Å². The van der Waals surface area contributed by atoms with Crippen LogP contribution in [0.25, 0.3) is 10.9 Å². The first-order chi connectivity index (χ1) is 13.0. The Kier molecular flexibility index (Phi) is 3.31. The van der Waals surface area contributed by atoms with Gasteiger partial charge in [0.05, 0.1) is 16.9 Å². The molecule has 136 valence electrons. The number of nitrogens with one attached hydrogen (secondary N) is 1. The molecule has 1 aromatic heterocycles. The maximum absolute atomic E-state index is 13.0. The number of hydrogen-bond donors (Lipinski definition) is 1. The van der Waals surface area contributed by atoms with Crippen LogP contribution < -0.4 is 9.64 Å². The largest absolute Gasteiger partial charge is 0.427 e. The smallest absolute Gasteiger partial charge is 0.308 e. The van der Waals surface area contributed by atoms with Gasteiger partial charge in [0.25, 0.3) is 5.91 Å². The van der Waals surface area contributed by atoms with Crippen molar-refractivity contribution in [3.8, 4) is 5.75 Å². The molecule has 0 bridgehead atoms. The summed E-state index contributed by atoms with van der Waals surface area (Å²) in [5, 5.41) is 1.04. The second-order valence-corrected chi connectivity index (χ2v) is 7.07. The number of nitrogens with zero attached hydrogens (tertiary/aromatic N) is 2. The molecule has 2 aromatic carbocycles. The third kappa shape index (κ3) is 2.26. The molecular formula is C21H19N3O3. The van der Waals surface area contributed by atoms with Crippen LogP contribution in [0.15, 0.2) is 42.5 Å². The predicted molar refractivity (Wildman–Crippen MR) is 102 cm³/mol. The first-order valence-electron chi connectivity index (χ1n) is 9.00. The van der Waals surface area contributed by atoms with Crippen molar-refractivity contribution in [1.29, 1.82) is 0 Å². The molecule has 0 spiro atoms. The van der Waals surface area contributed by atoms with E-state index in [1.165, 1.54) is 12.5 Å². The SMILES string of the molecule is CC(=O)Oc1ccc2[nH]c3c(c2c1)CCN1C(=O)c2ccccc2N(C)C31. The molecule has 0 fully saturated rings. The van der Waals surface area contributed by atoms with Gasteiger partial charge in [-0.25, -0.2) is 0 Å². The van der Waals surface area contributed by atoms with Crippen LogP contribution in [0.1, 0.15) is 34.7 Å². The fraction of sp³-hybridized carbons (Fsp3) is 0.238. The summed E-state index contributed by atoms with van der Waals surface area (Å²) >= 11 is 0. The number of carbonyl (C=O) groups is 2. The molecule has 1 amide bonds. The van der Waals surface area contributed by atoms with Gasteiger partial charge in [-0.2, -0.15) is 0 Å². The molecular weight excluding hydrogens is 342 g/mol. The van der Waals surface area contributed by atoms with E-state index in [2.05, 4.69) is 9.88 Å². The number of anilines is 1. The molecule has 0 saturated heterocycles. The number of rotatable bonds is 1. The van der Waals surface area contributed by atoms with Gasteiger partial charge < -0.3 is 19.5 Å². The molecule has 2 aliphatic heterocycles. The van der Waals surface area contributed by atoms with E-state index in [4.69, 9.17) is 4.74 Å². The number of esters is 1. The average molecular weight is 361 g/mol. The van der Waals surface area contributed by atoms with Crippen LogP contribution in [0.2, 0.25) is 0 Å². The van der Waals surface area contributed by atoms with Crippen molar-refractivity contribution in [2.24, 2.45) is 0 Å². The molecule has 1 unspecified atom stereocenters. The van der Waals surface area contributed by atoms with Crippen molar-refractivity contribution in [2.45, 2.75) is 19.5 Å². The highest BCUT2D eigenvalue weighted by Crippen LogP contribution is 2.43. The summed E-state index contributed by atoms with van der Waals surface area (Å²) in [5.41, 5.74) is 4.88. The van der Waals surface area contributed by atoms with E-state index in [1.54, 1.807) is 6.07 Å². The lowest BCUT2D eigenvalue weighted by Crippen LogP contribution is -2.51. The van der Waals surface area contributed by atoms with Crippen molar-refractivity contribution in [2.75, 3.05) is 18.5 Å². The molecule has 6 nitrogen and oxygen atoms in total. The van der Waals surface area contributed by atoms with E-state index in [1.807, 2.05) is 48.3 Å². The molecule has 5 rings (SSSR count). The van der Waals surface area contributed by atoms with Crippen LogP contribution in [-0.4, -0.2) is 35.4 Å². The third-order valence-corrected chi connectivity index (χ3v) is 5.47. The lowest BCUT2D eigenvalue weighted by atomic mass is 9.96. The zero-order valence-corrected chi connectivity index (χ0v) is 15.2. The van der Waals surface area contributed by atoms with Crippen LogP contribution in [-0.2, 0) is 11.2 Å². The molecule has 0 radical (unpaired) electrons. The minimum absolute atomic E-state index is 0.0682. The Morgan fingerprint density at radius 2 is 2.04 bits per heavy atom. The molecule has 6 heteroatoms. The fourth-order valence-electron chi connectivity index (χ4n) is 4.34. The number of para-hydroxylation sites is 1. The van der Waals surface area contributed by atoms with E-state index in [0.29, 0.717) is 12.3 Å². The summed E-state index contributed by atoms with van der Waals surface area (Å²) in [6, 6.07) is 13.3. The van der Waals surface area contributed by atoms with E-state index in [0.717, 1.165) is 34.3 Å². The summed E-state index contributed by atoms with van der Waals surface area (Å²) in [5.74, 6) is 0.274. The number of carbonyl (C=O) groups excluding carboxylic acids is 2. The standard InChI is InChI=1S/C21H19N3O3/c1-12(25)27-13-7-8-17-16(11-13)14-9-10-24-20(19(14)22-17)23(2)18-6-4-3-5-15(18)21(24)26/h3-8,11,20,22H,9-10H2,1-2H3. The summed E-state index contributed by atoms with van der Waals surface area (Å²) in [6.45, 7) is 2.05. The molecule has 0 saturated carbocycles. The predicted octanol–water partition coefficient (Wildman–Crippen LogP) is 3.24. The molecule has 0 aliphatic carbocycles. The highest BCUT2D eigenvalue weighted by atomic mass is 16.5. The maximum Gasteiger partial charge on any atom is 0.308 e. The molecule has 3 heterocycles. The second-order valence-electron chi connectivity index (χ2n) is 7.07. The number of fused-ring (bicyclic) bond motifs is 6. The van der Waals surface area contributed by atoms with Crippen molar-refractivity contribution >= 4 is 28.5 Å². The van der Waals surface area contributed by atoms with Gasteiger partial charge in [0.15, 0.2) is 0 Å². The molecule has 1 N–H and O–H groups in total. The average Bonchev–Trinajstić information content (AvgIpc) is 3.03. The molecule has 3 aromatic rings. The minimum atomic E-state index is -0.334. The minimum Gasteiger partial charge on any atom is -0.427 e. The van der Waals surface area contributed by atoms with Gasteiger partial charge in [0.2, 0.25) is 0 Å². The fourth-order valence-corrected chi connectivity index (χ4v) is 4.34. The van der Waals surface area contributed by atoms with Crippen LogP contribution in [0, 0.1) is 0 Å². The molecule has 27 heavy (non-hydrogen) atoms. The number of aromatic nitrogens is 1.